The first-order chi connectivity index (χ1) is 1.00. The van der Waals surface area contributed by atoms with Crippen molar-refractivity contribution in [1.29, 1.82) is 0 Å². The summed E-state index contributed by atoms with van der Waals surface area (Å²) in [7, 11) is 0. The molecule has 0 saturated carbocycles. The summed E-state index contributed by atoms with van der Waals surface area (Å²) in [5.74, 6) is 0. The summed E-state index contributed by atoms with van der Waals surface area (Å²) < 4.78 is 0. The van der Waals surface area contributed by atoms with Gasteiger partial charge in [0.05, 0.1) is 0 Å². The van der Waals surface area contributed by atoms with Crippen LogP contribution in [0.25, 0.3) is 0 Å². The van der Waals surface area contributed by atoms with E-state index in [0.717, 1.165) is 0 Å². The average Bonchev–Trinajstić information content (AvgIpc) is 1.00. The summed E-state index contributed by atoms with van der Waals surface area (Å²) in [4.78, 5) is 0. The Balaban J connectivity index is -0.00000000167. The van der Waals surface area contributed by atoms with Gasteiger partial charge in [0.15, 0.2) is 0 Å². The van der Waals surface area contributed by atoms with Gasteiger partial charge in [-0.05, 0) is 0 Å². The van der Waals surface area contributed by atoms with E-state index >= 15 is 0 Å². The van der Waals surface area contributed by atoms with E-state index in [1.54, 1.807) is 0 Å². The summed E-state index contributed by atoms with van der Waals surface area (Å²) in [5, 5.41) is 0. The van der Waals surface area contributed by atoms with Crippen molar-refractivity contribution in [2.75, 3.05) is 0 Å². The van der Waals surface area contributed by atoms with Crippen molar-refractivity contribution >= 4 is 33.1 Å². The quantitative estimate of drug-likeness (QED) is 0.415. The molecule has 0 aliphatic rings. The minimum absolute atomic E-state index is 0. The molecule has 0 atom stereocenters. The molecule has 0 aromatic rings. The Labute approximate surface area is 82.7 Å². The number of halogens is 1. The van der Waals surface area contributed by atoms with Crippen molar-refractivity contribution in [3.05, 3.63) is 0 Å². The van der Waals surface area contributed by atoms with Crippen LogP contribution in [0.5, 0.6) is 0 Å². The molecule has 0 aromatic heterocycles. The van der Waals surface area contributed by atoms with Crippen LogP contribution in [0, 0.1) is 0 Å². The SMILES string of the molecule is [Co].[Cu].[Mn].[SeH]I. The molecule has 0 N–H and O–H groups in total. The molecule has 0 aliphatic carbocycles. The molecule has 0 unspecified atom stereocenters. The normalized spacial score (nSPS) is 1.20. The molecule has 0 spiro atoms. The third kappa shape index (κ3) is 20.0. The molecule has 0 rings (SSSR count). The van der Waals surface area contributed by atoms with Gasteiger partial charge in [0.25, 0.3) is 0 Å². The molecule has 0 fully saturated rings. The van der Waals surface area contributed by atoms with Crippen molar-refractivity contribution in [3.63, 3.8) is 0 Å². The Bertz CT molecular complexity index is 11.6. The maximum atomic E-state index is 2.28. The van der Waals surface area contributed by atoms with Gasteiger partial charge in [-0.25, -0.2) is 0 Å². The zero-order valence-electron chi connectivity index (χ0n) is 1.84. The van der Waals surface area contributed by atoms with E-state index in [-0.39, 0.29) is 50.9 Å². The molecule has 0 aromatic carbocycles. The van der Waals surface area contributed by atoms with E-state index in [2.05, 4.69) is 33.1 Å². The summed E-state index contributed by atoms with van der Waals surface area (Å²) in [5.41, 5.74) is 0. The van der Waals surface area contributed by atoms with Gasteiger partial charge in [-0.3, -0.25) is 0 Å². The predicted molar refractivity (Wildman–Crippen MR) is 21.2 cm³/mol. The van der Waals surface area contributed by atoms with Gasteiger partial charge in [0.1, 0.15) is 0 Å². The maximum absolute atomic E-state index is 2.28. The number of rotatable bonds is 0. The fourth-order valence-electron chi connectivity index (χ4n) is 0. The third-order valence-corrected chi connectivity index (χ3v) is 0. The van der Waals surface area contributed by atoms with Crippen LogP contribution < -0.4 is 0 Å². The molecule has 3 radical (unpaired) electrons. The molecule has 0 aliphatic heterocycles. The summed E-state index contributed by atoms with van der Waals surface area (Å²) in [6.07, 6.45) is 0. The van der Waals surface area contributed by atoms with Crippen LogP contribution in [-0.2, 0) is 50.9 Å². The van der Waals surface area contributed by atoms with Gasteiger partial charge in [0.2, 0.25) is 0 Å². The molecule has 0 saturated heterocycles. The van der Waals surface area contributed by atoms with Gasteiger partial charge in [-0.1, -0.05) is 0 Å². The molecule has 41 valence electrons. The van der Waals surface area contributed by atoms with Crippen LogP contribution in [0.4, 0.5) is 0 Å². The molecule has 0 bridgehead atoms. The second-order valence-corrected chi connectivity index (χ2v) is 0. The van der Waals surface area contributed by atoms with Gasteiger partial charge in [0, 0.05) is 50.9 Å². The van der Waals surface area contributed by atoms with Crippen LogP contribution in [0.1, 0.15) is 0 Å². The molecule has 0 amide bonds. The second-order valence-electron chi connectivity index (χ2n) is 0. The predicted octanol–water partition coefficient (Wildman–Crippen LogP) is 0.230. The number of hydrogen-bond acceptors (Lipinski definition) is 0. The molecular formula is HCoCuIMnSe. The monoisotopic (exact) mass is 385 g/mol. The zero-order chi connectivity index (χ0) is 2.00. The molecule has 0 heterocycles. The van der Waals surface area contributed by atoms with Gasteiger partial charge < -0.3 is 0 Å². The zero-order valence-corrected chi connectivity index (χ0v) is 9.04. The summed E-state index contributed by atoms with van der Waals surface area (Å²) in [6, 6.07) is 0. The van der Waals surface area contributed by atoms with E-state index in [0.29, 0.717) is 0 Å². The molecular weight excluding hydrogens is 383 g/mol. The van der Waals surface area contributed by atoms with Gasteiger partial charge in [-0.2, -0.15) is 0 Å². The van der Waals surface area contributed by atoms with E-state index in [4.69, 9.17) is 0 Å². The molecule has 5 heavy (non-hydrogen) atoms. The van der Waals surface area contributed by atoms with Gasteiger partial charge >= 0.3 is 33.1 Å². The first-order valence-electron chi connectivity index (χ1n) is 0.169. The Morgan fingerprint density at radius 2 is 1.20 bits per heavy atom. The molecule has 0 nitrogen and oxygen atoms in total. The fourth-order valence-corrected chi connectivity index (χ4v) is 0. The topological polar surface area (TPSA) is 0 Å². The van der Waals surface area contributed by atoms with E-state index in [1.807, 2.05) is 0 Å². The van der Waals surface area contributed by atoms with Crippen molar-refractivity contribution < 1.29 is 50.9 Å². The minimum atomic E-state index is 0. The van der Waals surface area contributed by atoms with E-state index < -0.39 is 0 Å². The first-order valence-corrected chi connectivity index (χ1v) is 5.89. The van der Waals surface area contributed by atoms with Crippen LogP contribution in [-0.4, -0.2) is 12.8 Å². The Kier molecular flexibility index (Phi) is 146. The van der Waals surface area contributed by atoms with Crippen molar-refractivity contribution in [1.82, 2.24) is 0 Å². The Hall–Kier alpha value is 2.79. The summed E-state index contributed by atoms with van der Waals surface area (Å²) >= 11 is 4.37. The first kappa shape index (κ1) is 25.0. The third-order valence-electron chi connectivity index (χ3n) is 0. The number of hydrogen-bond donors (Lipinski definition) is 0. The second kappa shape index (κ2) is 29.2. The molecule has 5 heteroatoms. The van der Waals surface area contributed by atoms with E-state index in [1.165, 1.54) is 0 Å². The Morgan fingerprint density at radius 3 is 1.20 bits per heavy atom. The van der Waals surface area contributed by atoms with E-state index in [9.17, 15) is 0 Å². The van der Waals surface area contributed by atoms with Gasteiger partial charge in [-0.15, -0.1) is 0 Å². The average molecular weight is 384 g/mol. The fraction of sp³-hybridized carbons (Fsp3) is 0. The standard InChI is InChI=1S/Co.Cu.HISe.Mn/c;;1-2;/h;;2H;. The Morgan fingerprint density at radius 1 is 1.20 bits per heavy atom. The van der Waals surface area contributed by atoms with Crippen LogP contribution in [0.3, 0.4) is 0 Å². The van der Waals surface area contributed by atoms with Crippen molar-refractivity contribution in [2.24, 2.45) is 0 Å². The van der Waals surface area contributed by atoms with Crippen molar-refractivity contribution in [3.8, 4) is 0 Å². The van der Waals surface area contributed by atoms with Crippen LogP contribution in [0.15, 0.2) is 0 Å². The van der Waals surface area contributed by atoms with Crippen LogP contribution >= 0.6 is 20.3 Å². The summed E-state index contributed by atoms with van der Waals surface area (Å²) in [6.45, 7) is 0. The van der Waals surface area contributed by atoms with Crippen LogP contribution in [0.2, 0.25) is 0 Å². The van der Waals surface area contributed by atoms with Crippen molar-refractivity contribution in [2.45, 2.75) is 0 Å².